The smallest absolute Gasteiger partial charge is 0.343 e. The predicted octanol–water partition coefficient (Wildman–Crippen LogP) is 5.81. The lowest BCUT2D eigenvalue weighted by atomic mass is 10.1. The van der Waals surface area contributed by atoms with Crippen LogP contribution in [0.1, 0.15) is 26.3 Å². The zero-order valence-electron chi connectivity index (χ0n) is 21.7. The first-order valence-corrected chi connectivity index (χ1v) is 12.7. The van der Waals surface area contributed by atoms with Gasteiger partial charge >= 0.3 is 11.9 Å². The Morgan fingerprint density at radius 1 is 0.634 bits per heavy atom. The van der Waals surface area contributed by atoms with Crippen molar-refractivity contribution >= 4 is 34.8 Å². The highest BCUT2D eigenvalue weighted by molar-refractivity contribution is 5.94. The topological polar surface area (TPSA) is 103 Å². The average molecular weight is 545 g/mol. The molecule has 0 aromatic heterocycles. The number of ether oxygens (including phenoxy) is 3. The zero-order valence-corrected chi connectivity index (χ0v) is 21.7. The van der Waals surface area contributed by atoms with E-state index >= 15 is 0 Å². The Kier molecular flexibility index (Phi) is 8.42. The summed E-state index contributed by atoms with van der Waals surface area (Å²) in [6, 6.07) is 34.8. The molecule has 0 heterocycles. The van der Waals surface area contributed by atoms with E-state index in [1.807, 2.05) is 36.4 Å². The monoisotopic (exact) mass is 544 g/mol. The molecule has 0 saturated heterocycles. The fourth-order valence-electron chi connectivity index (χ4n) is 3.86. The average Bonchev–Trinajstić information content (AvgIpc) is 3.01. The van der Waals surface area contributed by atoms with Gasteiger partial charge in [-0.1, -0.05) is 66.7 Å². The second kappa shape index (κ2) is 12.9. The minimum absolute atomic E-state index is 0.0858. The van der Waals surface area contributed by atoms with Crippen molar-refractivity contribution in [2.75, 3.05) is 6.61 Å². The molecule has 0 bridgehead atoms. The van der Waals surface area contributed by atoms with Crippen LogP contribution < -0.4 is 19.6 Å². The van der Waals surface area contributed by atoms with E-state index in [9.17, 15) is 14.4 Å². The maximum atomic E-state index is 12.7. The number of nitrogens with one attached hydrogen (secondary N) is 1. The molecular weight excluding hydrogens is 520 g/mol. The summed E-state index contributed by atoms with van der Waals surface area (Å²) in [4.78, 5) is 37.6. The van der Waals surface area contributed by atoms with Crippen LogP contribution in [0.4, 0.5) is 0 Å². The first-order valence-electron chi connectivity index (χ1n) is 12.7. The number of carbonyl (C=O) groups excluding carboxylic acids is 3. The Bertz CT molecular complexity index is 1720. The molecule has 8 heteroatoms. The molecule has 5 aromatic rings. The van der Waals surface area contributed by atoms with Gasteiger partial charge in [0, 0.05) is 11.6 Å². The third-order valence-corrected chi connectivity index (χ3v) is 5.90. The molecule has 0 aliphatic rings. The number of esters is 2. The highest BCUT2D eigenvalue weighted by Crippen LogP contribution is 2.26. The van der Waals surface area contributed by atoms with E-state index in [4.69, 9.17) is 14.2 Å². The molecule has 0 spiro atoms. The molecule has 0 aliphatic carbocycles. The van der Waals surface area contributed by atoms with Crippen molar-refractivity contribution in [3.63, 3.8) is 0 Å². The molecule has 0 radical (unpaired) electrons. The number of amides is 1. The third-order valence-electron chi connectivity index (χ3n) is 5.90. The molecule has 0 fully saturated rings. The summed E-state index contributed by atoms with van der Waals surface area (Å²) in [5.74, 6) is -0.850. The van der Waals surface area contributed by atoms with Crippen LogP contribution in [-0.2, 0) is 4.79 Å². The lowest BCUT2D eigenvalue weighted by molar-refractivity contribution is -0.123. The summed E-state index contributed by atoms with van der Waals surface area (Å²) in [5, 5.41) is 6.05. The second-order valence-corrected chi connectivity index (χ2v) is 8.80. The summed E-state index contributed by atoms with van der Waals surface area (Å²) in [6.45, 7) is -0.250. The van der Waals surface area contributed by atoms with Gasteiger partial charge in [0.15, 0.2) is 6.61 Å². The molecule has 1 amide bonds. The molecule has 0 unspecified atom stereocenters. The molecular formula is C33H24N2O6. The Labute approximate surface area is 235 Å². The maximum absolute atomic E-state index is 12.7. The quantitative estimate of drug-likeness (QED) is 0.109. The summed E-state index contributed by atoms with van der Waals surface area (Å²) in [5.41, 5.74) is 3.47. The van der Waals surface area contributed by atoms with Crippen LogP contribution in [0.3, 0.4) is 0 Å². The van der Waals surface area contributed by atoms with Gasteiger partial charge in [-0.25, -0.2) is 15.0 Å². The first kappa shape index (κ1) is 26.8. The standard InChI is InChI=1S/C33H24N2O6/c36-31(22-39-28-17-15-23-9-7-8-14-26(23)19-28)35-34-21-27-16-18-29(40-32(37)24-10-3-1-4-11-24)20-30(27)41-33(38)25-12-5-2-6-13-25/h1-21H,22H2,(H,35,36). The number of hydrazone groups is 1. The minimum atomic E-state index is -0.611. The van der Waals surface area contributed by atoms with E-state index in [2.05, 4.69) is 10.5 Å². The summed E-state index contributed by atoms with van der Waals surface area (Å²) < 4.78 is 16.7. The lowest BCUT2D eigenvalue weighted by Crippen LogP contribution is -2.24. The van der Waals surface area contributed by atoms with Gasteiger partial charge in [-0.05, 0) is 59.3 Å². The van der Waals surface area contributed by atoms with Crippen LogP contribution in [0.2, 0.25) is 0 Å². The Hall–Kier alpha value is -5.76. The van der Waals surface area contributed by atoms with Crippen molar-refractivity contribution in [2.24, 2.45) is 5.10 Å². The van der Waals surface area contributed by atoms with Crippen LogP contribution in [0, 0.1) is 0 Å². The van der Waals surface area contributed by atoms with Crippen molar-refractivity contribution in [3.05, 3.63) is 138 Å². The number of rotatable bonds is 9. The van der Waals surface area contributed by atoms with E-state index in [1.165, 1.54) is 18.3 Å². The van der Waals surface area contributed by atoms with Gasteiger partial charge < -0.3 is 14.2 Å². The van der Waals surface area contributed by atoms with Gasteiger partial charge in [-0.2, -0.15) is 5.10 Å². The maximum Gasteiger partial charge on any atom is 0.343 e. The molecule has 41 heavy (non-hydrogen) atoms. The Morgan fingerprint density at radius 3 is 1.95 bits per heavy atom. The largest absolute Gasteiger partial charge is 0.484 e. The summed E-state index contributed by atoms with van der Waals surface area (Å²) in [6.07, 6.45) is 1.32. The zero-order chi connectivity index (χ0) is 28.4. The molecule has 1 N–H and O–H groups in total. The number of fused-ring (bicyclic) bond motifs is 1. The highest BCUT2D eigenvalue weighted by atomic mass is 16.5. The van der Waals surface area contributed by atoms with Crippen LogP contribution in [0.15, 0.2) is 126 Å². The number of hydrogen-bond acceptors (Lipinski definition) is 7. The normalized spacial score (nSPS) is 10.7. The van der Waals surface area contributed by atoms with E-state index < -0.39 is 17.8 Å². The van der Waals surface area contributed by atoms with Gasteiger partial charge in [-0.15, -0.1) is 0 Å². The highest BCUT2D eigenvalue weighted by Gasteiger charge is 2.15. The fourth-order valence-corrected chi connectivity index (χ4v) is 3.86. The van der Waals surface area contributed by atoms with E-state index in [0.29, 0.717) is 22.4 Å². The van der Waals surface area contributed by atoms with Gasteiger partial charge in [-0.3, -0.25) is 4.79 Å². The number of nitrogens with zero attached hydrogens (tertiary/aromatic N) is 1. The molecule has 202 valence electrons. The van der Waals surface area contributed by atoms with Crippen molar-refractivity contribution in [1.29, 1.82) is 0 Å². The molecule has 8 nitrogen and oxygen atoms in total. The van der Waals surface area contributed by atoms with Crippen molar-refractivity contribution in [2.45, 2.75) is 0 Å². The third kappa shape index (κ3) is 7.21. The van der Waals surface area contributed by atoms with Gasteiger partial charge in [0.25, 0.3) is 5.91 Å². The number of benzene rings is 5. The molecule has 0 atom stereocenters. The molecule has 0 saturated carbocycles. The van der Waals surface area contributed by atoms with Crippen LogP contribution in [0.25, 0.3) is 10.8 Å². The molecule has 0 aliphatic heterocycles. The minimum Gasteiger partial charge on any atom is -0.484 e. The number of hydrogen-bond donors (Lipinski definition) is 1. The van der Waals surface area contributed by atoms with E-state index in [-0.39, 0.29) is 18.1 Å². The summed E-state index contributed by atoms with van der Waals surface area (Å²) >= 11 is 0. The fraction of sp³-hybridized carbons (Fsp3) is 0.0303. The summed E-state index contributed by atoms with van der Waals surface area (Å²) in [7, 11) is 0. The Morgan fingerprint density at radius 2 is 1.24 bits per heavy atom. The second-order valence-electron chi connectivity index (χ2n) is 8.80. The SMILES string of the molecule is O=C(COc1ccc2ccccc2c1)NN=Cc1ccc(OC(=O)c2ccccc2)cc1OC(=O)c1ccccc1. The Balaban J connectivity index is 1.27. The van der Waals surface area contributed by atoms with Crippen LogP contribution in [-0.4, -0.2) is 30.7 Å². The van der Waals surface area contributed by atoms with E-state index in [0.717, 1.165) is 10.8 Å². The lowest BCUT2D eigenvalue weighted by Gasteiger charge is -2.11. The van der Waals surface area contributed by atoms with Crippen molar-refractivity contribution < 1.29 is 28.6 Å². The van der Waals surface area contributed by atoms with E-state index in [1.54, 1.807) is 72.8 Å². The van der Waals surface area contributed by atoms with Crippen LogP contribution in [0.5, 0.6) is 17.2 Å². The first-order chi connectivity index (χ1) is 20.0. The van der Waals surface area contributed by atoms with Gasteiger partial charge in [0.05, 0.1) is 17.3 Å². The molecule has 5 aromatic carbocycles. The number of carbonyl (C=O) groups is 3. The van der Waals surface area contributed by atoms with Crippen LogP contribution >= 0.6 is 0 Å². The van der Waals surface area contributed by atoms with Crippen molar-refractivity contribution in [3.8, 4) is 17.2 Å². The predicted molar refractivity (Wildman–Crippen MR) is 154 cm³/mol. The van der Waals surface area contributed by atoms with Crippen molar-refractivity contribution in [1.82, 2.24) is 5.43 Å². The van der Waals surface area contributed by atoms with Gasteiger partial charge in [0.2, 0.25) is 0 Å². The molecule has 5 rings (SSSR count). The van der Waals surface area contributed by atoms with Gasteiger partial charge in [0.1, 0.15) is 17.2 Å².